The van der Waals surface area contributed by atoms with Gasteiger partial charge in [0.2, 0.25) is 5.91 Å². The Bertz CT molecular complexity index is 317. The zero-order valence-corrected chi connectivity index (χ0v) is 12.5. The quantitative estimate of drug-likeness (QED) is 0.834. The molecule has 0 bridgehead atoms. The van der Waals surface area contributed by atoms with Crippen molar-refractivity contribution in [2.45, 2.75) is 66.0 Å². The molecule has 0 unspecified atom stereocenters. The van der Waals surface area contributed by atoms with Crippen molar-refractivity contribution in [1.82, 2.24) is 10.2 Å². The molecule has 0 spiro atoms. The van der Waals surface area contributed by atoms with Gasteiger partial charge >= 0.3 is 0 Å². The summed E-state index contributed by atoms with van der Waals surface area (Å²) < 4.78 is 0. The third-order valence-electron chi connectivity index (χ3n) is 3.43. The maximum absolute atomic E-state index is 11.9. The zero-order chi connectivity index (χ0) is 13.9. The third-order valence-corrected chi connectivity index (χ3v) is 3.43. The molecule has 1 aliphatic rings. The average molecular weight is 252 g/mol. The molecule has 0 aromatic rings. The van der Waals surface area contributed by atoms with Gasteiger partial charge in [-0.05, 0) is 25.2 Å². The lowest BCUT2D eigenvalue weighted by Crippen LogP contribution is -2.38. The van der Waals surface area contributed by atoms with Crippen molar-refractivity contribution in [2.75, 3.05) is 6.54 Å². The minimum Gasteiger partial charge on any atom is -0.370 e. The number of allylic oxidation sites excluding steroid dienone is 1. The Morgan fingerprint density at radius 2 is 2.06 bits per heavy atom. The maximum Gasteiger partial charge on any atom is 0.220 e. The van der Waals surface area contributed by atoms with Crippen molar-refractivity contribution in [2.24, 2.45) is 5.41 Å². The fraction of sp³-hybridized carbons (Fsp3) is 0.800. The number of nitrogens with one attached hydrogen (secondary N) is 1. The highest BCUT2D eigenvalue weighted by Gasteiger charge is 2.31. The van der Waals surface area contributed by atoms with Crippen molar-refractivity contribution >= 4 is 5.91 Å². The van der Waals surface area contributed by atoms with E-state index in [1.54, 1.807) is 0 Å². The summed E-state index contributed by atoms with van der Waals surface area (Å²) in [5.74, 6) is 0.172. The summed E-state index contributed by atoms with van der Waals surface area (Å²) in [6.45, 7) is 15.4. The van der Waals surface area contributed by atoms with Gasteiger partial charge in [0, 0.05) is 30.7 Å². The van der Waals surface area contributed by atoms with E-state index in [0.29, 0.717) is 12.5 Å². The Labute approximate surface area is 112 Å². The van der Waals surface area contributed by atoms with Crippen molar-refractivity contribution in [3.63, 3.8) is 0 Å². The molecule has 104 valence electrons. The van der Waals surface area contributed by atoms with Crippen LogP contribution in [0.25, 0.3) is 0 Å². The number of rotatable bonds is 4. The molecular formula is C15H28N2O. The Kier molecular flexibility index (Phi) is 4.83. The minimum atomic E-state index is 0.0564. The van der Waals surface area contributed by atoms with Crippen molar-refractivity contribution in [1.29, 1.82) is 0 Å². The second-order valence-corrected chi connectivity index (χ2v) is 6.69. The van der Waals surface area contributed by atoms with E-state index in [1.807, 2.05) is 6.92 Å². The zero-order valence-electron chi connectivity index (χ0n) is 12.5. The number of hydrogen-bond acceptors (Lipinski definition) is 2. The topological polar surface area (TPSA) is 32.3 Å². The summed E-state index contributed by atoms with van der Waals surface area (Å²) in [4.78, 5) is 14.3. The molecule has 18 heavy (non-hydrogen) atoms. The SMILES string of the molecule is C=C(C)N1C[C@@H](NC(=O)CC(C)(C)C)C[C@H]1CC. The van der Waals surface area contributed by atoms with Crippen LogP contribution in [-0.2, 0) is 4.79 Å². The lowest BCUT2D eigenvalue weighted by atomic mass is 9.92. The molecule has 0 aromatic carbocycles. The van der Waals surface area contributed by atoms with Crippen LogP contribution in [0.4, 0.5) is 0 Å². The van der Waals surface area contributed by atoms with Crippen LogP contribution in [0.5, 0.6) is 0 Å². The van der Waals surface area contributed by atoms with Gasteiger partial charge in [-0.15, -0.1) is 0 Å². The highest BCUT2D eigenvalue weighted by Crippen LogP contribution is 2.25. The first-order chi connectivity index (χ1) is 8.23. The molecule has 1 aliphatic heterocycles. The van der Waals surface area contributed by atoms with Gasteiger partial charge in [0.15, 0.2) is 0 Å². The maximum atomic E-state index is 11.9. The van der Waals surface area contributed by atoms with Crippen LogP contribution in [0.3, 0.4) is 0 Å². The molecule has 1 amide bonds. The number of carbonyl (C=O) groups excluding carboxylic acids is 1. The molecule has 1 N–H and O–H groups in total. The second-order valence-electron chi connectivity index (χ2n) is 6.69. The van der Waals surface area contributed by atoms with E-state index >= 15 is 0 Å². The van der Waals surface area contributed by atoms with E-state index in [2.05, 4.69) is 44.5 Å². The summed E-state index contributed by atoms with van der Waals surface area (Å²) >= 11 is 0. The fourth-order valence-corrected chi connectivity index (χ4v) is 2.64. The average Bonchev–Trinajstić information content (AvgIpc) is 2.57. The Balaban J connectivity index is 2.50. The van der Waals surface area contributed by atoms with Crippen LogP contribution < -0.4 is 5.32 Å². The summed E-state index contributed by atoms with van der Waals surface area (Å²) in [7, 11) is 0. The molecule has 1 saturated heterocycles. The van der Waals surface area contributed by atoms with Gasteiger partial charge in [-0.1, -0.05) is 34.3 Å². The largest absolute Gasteiger partial charge is 0.370 e. The molecular weight excluding hydrogens is 224 g/mol. The van der Waals surface area contributed by atoms with E-state index in [9.17, 15) is 4.79 Å². The second kappa shape index (κ2) is 5.77. The van der Waals surface area contributed by atoms with E-state index in [4.69, 9.17) is 0 Å². The molecule has 1 heterocycles. The first-order valence-corrected chi connectivity index (χ1v) is 6.94. The Morgan fingerprint density at radius 3 is 2.44 bits per heavy atom. The Hall–Kier alpha value is -0.990. The molecule has 3 nitrogen and oxygen atoms in total. The Morgan fingerprint density at radius 1 is 1.44 bits per heavy atom. The first kappa shape index (κ1) is 15.1. The first-order valence-electron chi connectivity index (χ1n) is 6.94. The highest BCUT2D eigenvalue weighted by atomic mass is 16.1. The van der Waals surface area contributed by atoms with Crippen molar-refractivity contribution < 1.29 is 4.79 Å². The minimum absolute atomic E-state index is 0.0564. The van der Waals surface area contributed by atoms with Crippen LogP contribution >= 0.6 is 0 Å². The van der Waals surface area contributed by atoms with Gasteiger partial charge in [-0.2, -0.15) is 0 Å². The summed E-state index contributed by atoms with van der Waals surface area (Å²) in [5, 5.41) is 3.16. The summed E-state index contributed by atoms with van der Waals surface area (Å²) in [5.41, 5.74) is 1.16. The van der Waals surface area contributed by atoms with Gasteiger partial charge in [-0.25, -0.2) is 0 Å². The fourth-order valence-electron chi connectivity index (χ4n) is 2.64. The molecule has 2 atom stereocenters. The molecule has 0 radical (unpaired) electrons. The predicted molar refractivity (Wildman–Crippen MR) is 76.2 cm³/mol. The van der Waals surface area contributed by atoms with Gasteiger partial charge < -0.3 is 10.2 Å². The molecule has 3 heteroatoms. The van der Waals surface area contributed by atoms with Crippen molar-refractivity contribution in [3.05, 3.63) is 12.3 Å². The van der Waals surface area contributed by atoms with Crippen molar-refractivity contribution in [3.8, 4) is 0 Å². The lowest BCUT2D eigenvalue weighted by Gasteiger charge is -2.25. The predicted octanol–water partition coefficient (Wildman–Crippen LogP) is 2.93. The molecule has 0 aliphatic carbocycles. The normalized spacial score (nSPS) is 24.2. The van der Waals surface area contributed by atoms with Crippen LogP contribution in [-0.4, -0.2) is 29.4 Å². The standard InChI is InChI=1S/C15H28N2O/c1-7-13-8-12(10-17(13)11(2)3)16-14(18)9-15(4,5)6/h12-13H,2,7-10H2,1,3-6H3,(H,16,18)/t12-,13+/m0/s1. The van der Waals surface area contributed by atoms with Crippen LogP contribution in [0, 0.1) is 5.41 Å². The molecule has 1 rings (SSSR count). The highest BCUT2D eigenvalue weighted by molar-refractivity contribution is 5.76. The smallest absolute Gasteiger partial charge is 0.220 e. The number of hydrogen-bond donors (Lipinski definition) is 1. The van der Waals surface area contributed by atoms with E-state index in [1.165, 1.54) is 0 Å². The van der Waals surface area contributed by atoms with Gasteiger partial charge in [0.05, 0.1) is 0 Å². The summed E-state index contributed by atoms with van der Waals surface area (Å²) in [6, 6.07) is 0.809. The van der Waals surface area contributed by atoms with E-state index in [0.717, 1.165) is 25.1 Å². The van der Waals surface area contributed by atoms with Crippen LogP contribution in [0.2, 0.25) is 0 Å². The molecule has 0 aromatic heterocycles. The van der Waals surface area contributed by atoms with Gasteiger partial charge in [-0.3, -0.25) is 4.79 Å². The van der Waals surface area contributed by atoms with Crippen LogP contribution in [0.1, 0.15) is 53.9 Å². The number of nitrogens with zero attached hydrogens (tertiary/aromatic N) is 1. The monoisotopic (exact) mass is 252 g/mol. The third kappa shape index (κ3) is 4.35. The number of carbonyl (C=O) groups is 1. The van der Waals surface area contributed by atoms with E-state index < -0.39 is 0 Å². The number of likely N-dealkylation sites (tertiary alicyclic amines) is 1. The summed E-state index contributed by atoms with van der Waals surface area (Å²) in [6.07, 6.45) is 2.74. The van der Waals surface area contributed by atoms with Gasteiger partial charge in [0.1, 0.15) is 0 Å². The van der Waals surface area contributed by atoms with E-state index in [-0.39, 0.29) is 17.4 Å². The van der Waals surface area contributed by atoms with Gasteiger partial charge in [0.25, 0.3) is 0 Å². The van der Waals surface area contributed by atoms with Crippen LogP contribution in [0.15, 0.2) is 12.3 Å². The lowest BCUT2D eigenvalue weighted by molar-refractivity contribution is -0.123. The number of amides is 1. The molecule has 0 saturated carbocycles. The molecule has 1 fully saturated rings.